The zero-order valence-corrected chi connectivity index (χ0v) is 19.3. The molecule has 174 valence electrons. The number of para-hydroxylation sites is 1. The number of anilines is 2. The molecule has 0 spiro atoms. The Kier molecular flexibility index (Phi) is 6.37. The molecule has 1 unspecified atom stereocenters. The molecule has 4 rings (SSSR count). The van der Waals surface area contributed by atoms with Crippen LogP contribution in [-0.4, -0.2) is 38.9 Å². The topological polar surface area (TPSA) is 120 Å². The van der Waals surface area contributed by atoms with Gasteiger partial charge >= 0.3 is 11.3 Å². The van der Waals surface area contributed by atoms with E-state index in [0.717, 1.165) is 0 Å². The lowest BCUT2D eigenvalue weighted by Gasteiger charge is -2.21. The lowest BCUT2D eigenvalue weighted by Crippen LogP contribution is -2.44. The molecule has 0 aliphatic carbocycles. The standard InChI is InChI=1S/C23H21N5O5S/c1-14(29)15-8-10-16(11-9-15)24-20(30)12-18-21(31)28(17-6-4-3-5-7-17)23(34)27(18)13-19-22(32)33-25-26(19)2/h3-11,18H,12-13H2,1-2H3,(H-,24,25,29,30,32)/p+1. The molecule has 1 saturated heterocycles. The monoisotopic (exact) mass is 480 g/mol. The minimum Gasteiger partial charge on any atom is -0.326 e. The van der Waals surface area contributed by atoms with E-state index in [0.29, 0.717) is 16.9 Å². The van der Waals surface area contributed by atoms with Crippen molar-refractivity contribution in [2.75, 3.05) is 10.2 Å². The second-order valence-electron chi connectivity index (χ2n) is 7.81. The quantitative estimate of drug-likeness (QED) is 0.299. The minimum atomic E-state index is -0.932. The number of nitrogens with zero attached hydrogens (tertiary/aromatic N) is 3. The molecular formula is C23H22N5O5S+. The molecule has 2 amide bonds. The van der Waals surface area contributed by atoms with Crippen molar-refractivity contribution in [1.82, 2.24) is 10.2 Å². The highest BCUT2D eigenvalue weighted by molar-refractivity contribution is 7.80. The van der Waals surface area contributed by atoms with Gasteiger partial charge in [0.25, 0.3) is 5.91 Å². The van der Waals surface area contributed by atoms with Crippen molar-refractivity contribution in [1.29, 1.82) is 0 Å². The summed E-state index contributed by atoms with van der Waals surface area (Å²) in [6, 6.07) is 14.4. The lowest BCUT2D eigenvalue weighted by molar-refractivity contribution is -0.746. The zero-order chi connectivity index (χ0) is 24.4. The number of aryl methyl sites for hydroxylation is 1. The van der Waals surface area contributed by atoms with E-state index in [4.69, 9.17) is 16.7 Å². The third-order valence-electron chi connectivity index (χ3n) is 5.52. The van der Waals surface area contributed by atoms with Crippen molar-refractivity contribution in [2.45, 2.75) is 25.9 Å². The van der Waals surface area contributed by atoms with Crippen LogP contribution in [0.1, 0.15) is 29.4 Å². The smallest absolute Gasteiger partial charge is 0.326 e. The number of benzene rings is 2. The summed E-state index contributed by atoms with van der Waals surface area (Å²) in [5.41, 5.74) is 1.24. The van der Waals surface area contributed by atoms with Crippen LogP contribution in [0.3, 0.4) is 0 Å². The summed E-state index contributed by atoms with van der Waals surface area (Å²) in [6.45, 7) is 1.43. The molecule has 2 heterocycles. The van der Waals surface area contributed by atoms with E-state index in [1.54, 1.807) is 60.5 Å². The zero-order valence-electron chi connectivity index (χ0n) is 18.5. The first-order valence-corrected chi connectivity index (χ1v) is 10.8. The van der Waals surface area contributed by atoms with Crippen molar-refractivity contribution in [3.63, 3.8) is 0 Å². The van der Waals surface area contributed by atoms with Crippen molar-refractivity contribution in [2.24, 2.45) is 7.05 Å². The molecule has 2 aromatic carbocycles. The predicted octanol–water partition coefficient (Wildman–Crippen LogP) is 1.53. The van der Waals surface area contributed by atoms with Gasteiger partial charge in [0, 0.05) is 11.3 Å². The molecule has 1 aliphatic rings. The fourth-order valence-corrected chi connectivity index (χ4v) is 4.08. The van der Waals surface area contributed by atoms with Crippen LogP contribution in [0.4, 0.5) is 11.4 Å². The van der Waals surface area contributed by atoms with Crippen LogP contribution in [0.15, 0.2) is 63.9 Å². The van der Waals surface area contributed by atoms with Gasteiger partial charge in [0.05, 0.1) is 12.1 Å². The number of H-pyrrole nitrogens is 1. The number of nitrogens with one attached hydrogen (secondary N) is 2. The molecule has 1 fully saturated rings. The second-order valence-corrected chi connectivity index (χ2v) is 8.17. The summed E-state index contributed by atoms with van der Waals surface area (Å²) in [5, 5.41) is 5.36. The van der Waals surface area contributed by atoms with Crippen LogP contribution >= 0.6 is 12.2 Å². The maximum Gasteiger partial charge on any atom is 0.431 e. The van der Waals surface area contributed by atoms with E-state index in [9.17, 15) is 19.2 Å². The van der Waals surface area contributed by atoms with E-state index in [-0.39, 0.29) is 35.5 Å². The van der Waals surface area contributed by atoms with Gasteiger partial charge in [-0.3, -0.25) is 23.8 Å². The Hall–Kier alpha value is -4.12. The Labute approximate surface area is 199 Å². The fourth-order valence-electron chi connectivity index (χ4n) is 3.70. The van der Waals surface area contributed by atoms with Gasteiger partial charge in [-0.25, -0.2) is 4.79 Å². The van der Waals surface area contributed by atoms with Gasteiger partial charge < -0.3 is 10.2 Å². The average Bonchev–Trinajstić information content (AvgIpc) is 3.25. The van der Waals surface area contributed by atoms with Gasteiger partial charge in [-0.1, -0.05) is 22.9 Å². The molecule has 3 aromatic rings. The predicted molar refractivity (Wildman–Crippen MR) is 126 cm³/mol. The highest BCUT2D eigenvalue weighted by atomic mass is 32.1. The van der Waals surface area contributed by atoms with E-state index in [2.05, 4.69) is 10.6 Å². The Morgan fingerprint density at radius 1 is 1.12 bits per heavy atom. The van der Waals surface area contributed by atoms with Gasteiger partial charge in [-0.2, -0.15) is 0 Å². The number of amides is 2. The Morgan fingerprint density at radius 2 is 1.79 bits per heavy atom. The van der Waals surface area contributed by atoms with Crippen molar-refractivity contribution in [3.05, 3.63) is 76.3 Å². The Morgan fingerprint density at radius 3 is 2.38 bits per heavy atom. The third-order valence-corrected chi connectivity index (χ3v) is 5.94. The van der Waals surface area contributed by atoms with Crippen LogP contribution in [0.2, 0.25) is 0 Å². The van der Waals surface area contributed by atoms with Gasteiger partial charge in [-0.05, 0) is 60.8 Å². The number of ketones is 1. The van der Waals surface area contributed by atoms with Crippen molar-refractivity contribution < 1.29 is 23.6 Å². The molecule has 11 heteroatoms. The number of rotatable bonds is 7. The number of hydrogen-bond acceptors (Lipinski definition) is 6. The molecule has 10 nitrogen and oxygen atoms in total. The van der Waals surface area contributed by atoms with Crippen LogP contribution in [0.25, 0.3) is 0 Å². The fraction of sp³-hybridized carbons (Fsp3) is 0.217. The SMILES string of the molecule is CC(=O)c1ccc(NC(=O)CC2C(=O)N(c3ccccc3)C(=S)N2Cc2c(=O)o[nH][n+]2C)cc1. The first-order valence-electron chi connectivity index (χ1n) is 10.4. The van der Waals surface area contributed by atoms with E-state index in [1.807, 2.05) is 6.07 Å². The van der Waals surface area contributed by atoms with Gasteiger partial charge in [0.2, 0.25) is 5.91 Å². The number of carbonyl (C=O) groups is 3. The number of carbonyl (C=O) groups excluding carboxylic acids is 3. The van der Waals surface area contributed by atoms with Gasteiger partial charge in [0.1, 0.15) is 12.6 Å². The Balaban J connectivity index is 1.59. The molecule has 2 N–H and O–H groups in total. The number of aromatic nitrogens is 2. The van der Waals surface area contributed by atoms with Crippen LogP contribution < -0.4 is 20.5 Å². The third kappa shape index (κ3) is 4.50. The minimum absolute atomic E-state index is 0.0263. The van der Waals surface area contributed by atoms with E-state index < -0.39 is 17.6 Å². The maximum absolute atomic E-state index is 13.4. The highest BCUT2D eigenvalue weighted by Crippen LogP contribution is 2.28. The normalized spacial score (nSPS) is 15.6. The largest absolute Gasteiger partial charge is 0.431 e. The van der Waals surface area contributed by atoms with E-state index >= 15 is 0 Å². The molecule has 0 saturated carbocycles. The molecule has 34 heavy (non-hydrogen) atoms. The number of aromatic amines is 1. The first-order chi connectivity index (χ1) is 16.3. The van der Waals surface area contributed by atoms with Crippen LogP contribution in [-0.2, 0) is 23.2 Å². The van der Waals surface area contributed by atoms with Gasteiger partial charge in [0.15, 0.2) is 17.9 Å². The highest BCUT2D eigenvalue weighted by Gasteiger charge is 2.45. The van der Waals surface area contributed by atoms with Crippen LogP contribution in [0.5, 0.6) is 0 Å². The molecule has 1 aliphatic heterocycles. The summed E-state index contributed by atoms with van der Waals surface area (Å²) >= 11 is 5.59. The maximum atomic E-state index is 13.4. The molecule has 1 aromatic heterocycles. The molecule has 1 atom stereocenters. The summed E-state index contributed by atoms with van der Waals surface area (Å²) < 4.78 is 6.21. The van der Waals surface area contributed by atoms with E-state index in [1.165, 1.54) is 16.5 Å². The number of Topliss-reactive ketones (excluding diaryl/α,β-unsaturated/α-hetero) is 1. The molecule has 0 radical (unpaired) electrons. The van der Waals surface area contributed by atoms with Crippen LogP contribution in [0, 0.1) is 0 Å². The Bertz CT molecular complexity index is 1320. The summed E-state index contributed by atoms with van der Waals surface area (Å²) in [6.07, 6.45) is -0.198. The van der Waals surface area contributed by atoms with Crippen molar-refractivity contribution in [3.8, 4) is 0 Å². The summed E-state index contributed by atoms with van der Waals surface area (Å²) in [7, 11) is 1.60. The second kappa shape index (κ2) is 9.40. The number of thiocarbonyl (C=S) groups is 1. The van der Waals surface area contributed by atoms with Crippen molar-refractivity contribution >= 4 is 46.3 Å². The molecule has 0 bridgehead atoms. The summed E-state index contributed by atoms with van der Waals surface area (Å²) in [4.78, 5) is 52.7. The average molecular weight is 481 g/mol. The summed E-state index contributed by atoms with van der Waals surface area (Å²) in [5.74, 6) is -0.870. The van der Waals surface area contributed by atoms with Gasteiger partial charge in [-0.15, -0.1) is 0 Å². The number of hydrogen-bond donors (Lipinski definition) is 2. The first kappa shape index (κ1) is 23.1. The lowest BCUT2D eigenvalue weighted by atomic mass is 10.1. The molecular weight excluding hydrogens is 458 g/mol.